The molecule has 3 atom stereocenters. The number of hydrogen-bond donors (Lipinski definition) is 1. The Morgan fingerprint density at radius 3 is 2.60 bits per heavy atom. The number of carbonyl (C=O) groups is 1. The number of aliphatic carboxylic acids is 1. The fourth-order valence-corrected chi connectivity index (χ4v) is 4.94. The maximum Gasteiger partial charge on any atom is 0.341 e. The topological polar surface area (TPSA) is 46.5 Å². The molecular formula is C27H30O3. The van der Waals surface area contributed by atoms with Crippen LogP contribution in [0.15, 0.2) is 66.7 Å². The van der Waals surface area contributed by atoms with Gasteiger partial charge < -0.3 is 9.84 Å². The first-order chi connectivity index (χ1) is 14.6. The van der Waals surface area contributed by atoms with Crippen molar-refractivity contribution >= 4 is 16.7 Å². The highest BCUT2D eigenvalue weighted by Gasteiger charge is 2.26. The van der Waals surface area contributed by atoms with E-state index in [0.29, 0.717) is 17.6 Å². The van der Waals surface area contributed by atoms with Crippen LogP contribution in [-0.4, -0.2) is 17.7 Å². The van der Waals surface area contributed by atoms with Gasteiger partial charge in [-0.15, -0.1) is 0 Å². The van der Waals surface area contributed by atoms with E-state index in [-0.39, 0.29) is 6.61 Å². The van der Waals surface area contributed by atoms with Crippen LogP contribution in [0.2, 0.25) is 0 Å². The molecule has 0 unspecified atom stereocenters. The summed E-state index contributed by atoms with van der Waals surface area (Å²) in [5, 5.41) is 11.4. The Morgan fingerprint density at radius 2 is 1.80 bits per heavy atom. The summed E-state index contributed by atoms with van der Waals surface area (Å²) >= 11 is 0. The minimum Gasteiger partial charge on any atom is -0.482 e. The van der Waals surface area contributed by atoms with Gasteiger partial charge in [0, 0.05) is 0 Å². The van der Waals surface area contributed by atoms with Crippen molar-refractivity contribution in [2.75, 3.05) is 6.61 Å². The standard InChI is InChI=1S/C27H30O3/c1-19(25-8-4-6-22-5-2-3-7-26(22)25)9-10-20-11-12-23(17-20)21-13-15-24(16-14-21)30-18-27(28)29/h2-8,13-16,19-20,23H,9-12,17-18H2,1H3,(H,28,29)/t19-,20+,23-/m0/s1. The zero-order chi connectivity index (χ0) is 20.9. The molecule has 1 aliphatic rings. The third-order valence-electron chi connectivity index (χ3n) is 6.62. The van der Waals surface area contributed by atoms with E-state index in [1.807, 2.05) is 12.1 Å². The Bertz CT molecular complexity index is 987. The molecule has 0 radical (unpaired) electrons. The summed E-state index contributed by atoms with van der Waals surface area (Å²) in [5.41, 5.74) is 2.82. The van der Waals surface area contributed by atoms with Crippen LogP contribution in [-0.2, 0) is 4.79 Å². The van der Waals surface area contributed by atoms with Crippen molar-refractivity contribution in [3.05, 3.63) is 77.9 Å². The Kier molecular flexibility index (Phi) is 6.37. The van der Waals surface area contributed by atoms with Gasteiger partial charge in [0.2, 0.25) is 0 Å². The molecule has 30 heavy (non-hydrogen) atoms. The van der Waals surface area contributed by atoms with E-state index in [0.717, 1.165) is 5.92 Å². The number of hydrogen-bond acceptors (Lipinski definition) is 2. The van der Waals surface area contributed by atoms with Crippen LogP contribution in [0.3, 0.4) is 0 Å². The van der Waals surface area contributed by atoms with Gasteiger partial charge in [-0.05, 0) is 83.9 Å². The number of ether oxygens (including phenoxy) is 1. The highest BCUT2D eigenvalue weighted by atomic mass is 16.5. The van der Waals surface area contributed by atoms with Gasteiger partial charge in [-0.25, -0.2) is 4.79 Å². The maximum absolute atomic E-state index is 10.6. The molecule has 0 spiro atoms. The molecule has 4 rings (SSSR count). The Hall–Kier alpha value is -2.81. The molecule has 0 amide bonds. The van der Waals surface area contributed by atoms with E-state index >= 15 is 0 Å². The number of benzene rings is 3. The molecule has 1 aliphatic carbocycles. The first-order valence-electron chi connectivity index (χ1n) is 11.0. The van der Waals surface area contributed by atoms with Crippen molar-refractivity contribution in [1.29, 1.82) is 0 Å². The summed E-state index contributed by atoms with van der Waals surface area (Å²) in [4.78, 5) is 10.6. The molecule has 156 valence electrons. The fraction of sp³-hybridized carbons (Fsp3) is 0.370. The van der Waals surface area contributed by atoms with Crippen LogP contribution in [0, 0.1) is 5.92 Å². The molecule has 3 nitrogen and oxygen atoms in total. The molecule has 3 aromatic carbocycles. The Balaban J connectivity index is 1.31. The van der Waals surface area contributed by atoms with E-state index < -0.39 is 5.97 Å². The van der Waals surface area contributed by atoms with Crippen molar-refractivity contribution in [3.63, 3.8) is 0 Å². The van der Waals surface area contributed by atoms with Gasteiger partial charge in [0.05, 0.1) is 0 Å². The SMILES string of the molecule is C[C@@H](CC[C@@H]1CC[C@H](c2ccc(OCC(=O)O)cc2)C1)c1cccc2ccccc12. The van der Waals surface area contributed by atoms with Crippen LogP contribution in [0.4, 0.5) is 0 Å². The van der Waals surface area contributed by atoms with E-state index in [9.17, 15) is 4.79 Å². The van der Waals surface area contributed by atoms with Gasteiger partial charge in [0.1, 0.15) is 5.75 Å². The largest absolute Gasteiger partial charge is 0.482 e. The predicted molar refractivity (Wildman–Crippen MR) is 121 cm³/mol. The molecule has 0 aromatic heterocycles. The van der Waals surface area contributed by atoms with Gasteiger partial charge in [-0.1, -0.05) is 61.5 Å². The molecular weight excluding hydrogens is 372 g/mol. The molecule has 0 saturated heterocycles. The van der Waals surface area contributed by atoms with Crippen molar-refractivity contribution in [3.8, 4) is 5.75 Å². The molecule has 0 heterocycles. The highest BCUT2D eigenvalue weighted by molar-refractivity contribution is 5.86. The van der Waals surface area contributed by atoms with Crippen LogP contribution in [0.1, 0.15) is 62.0 Å². The van der Waals surface area contributed by atoms with E-state index in [4.69, 9.17) is 9.84 Å². The molecule has 1 N–H and O–H groups in total. The second-order valence-electron chi connectivity index (χ2n) is 8.67. The molecule has 3 heteroatoms. The van der Waals surface area contributed by atoms with Crippen LogP contribution < -0.4 is 4.74 Å². The second-order valence-corrected chi connectivity index (χ2v) is 8.67. The summed E-state index contributed by atoms with van der Waals surface area (Å²) in [6.45, 7) is 2.07. The summed E-state index contributed by atoms with van der Waals surface area (Å²) in [6.07, 6.45) is 6.29. The van der Waals surface area contributed by atoms with Crippen LogP contribution in [0.5, 0.6) is 5.75 Å². The monoisotopic (exact) mass is 402 g/mol. The van der Waals surface area contributed by atoms with Crippen molar-refractivity contribution in [2.45, 2.75) is 50.9 Å². The fourth-order valence-electron chi connectivity index (χ4n) is 4.94. The van der Waals surface area contributed by atoms with E-state index in [1.165, 1.54) is 54.0 Å². The molecule has 3 aromatic rings. The normalized spacial score (nSPS) is 19.6. The minimum absolute atomic E-state index is 0.292. The predicted octanol–water partition coefficient (Wildman–Crippen LogP) is 6.77. The van der Waals surface area contributed by atoms with Gasteiger partial charge in [0.25, 0.3) is 0 Å². The zero-order valence-electron chi connectivity index (χ0n) is 17.6. The summed E-state index contributed by atoms with van der Waals surface area (Å²) in [7, 11) is 0. The molecule has 1 fully saturated rings. The third-order valence-corrected chi connectivity index (χ3v) is 6.62. The highest BCUT2D eigenvalue weighted by Crippen LogP contribution is 2.42. The second kappa shape index (κ2) is 9.34. The molecule has 1 saturated carbocycles. The zero-order valence-corrected chi connectivity index (χ0v) is 17.6. The minimum atomic E-state index is -0.949. The number of fused-ring (bicyclic) bond motifs is 1. The summed E-state index contributed by atoms with van der Waals surface area (Å²) < 4.78 is 5.24. The lowest BCUT2D eigenvalue weighted by Crippen LogP contribution is -2.09. The quantitative estimate of drug-likeness (QED) is 0.452. The maximum atomic E-state index is 10.6. The Labute approximate surface area is 178 Å². The molecule has 0 aliphatic heterocycles. The van der Waals surface area contributed by atoms with Gasteiger partial charge in [-0.2, -0.15) is 0 Å². The summed E-state index contributed by atoms with van der Waals surface area (Å²) in [6, 6.07) is 23.4. The molecule has 0 bridgehead atoms. The number of carboxylic acid groups (broad SMARTS) is 1. The average Bonchev–Trinajstić information content (AvgIpc) is 3.25. The van der Waals surface area contributed by atoms with Gasteiger partial charge >= 0.3 is 5.97 Å². The Morgan fingerprint density at radius 1 is 1.03 bits per heavy atom. The lowest BCUT2D eigenvalue weighted by atomic mass is 9.87. The summed E-state index contributed by atoms with van der Waals surface area (Å²) in [5.74, 6) is 1.64. The van der Waals surface area contributed by atoms with Gasteiger partial charge in [-0.3, -0.25) is 0 Å². The van der Waals surface area contributed by atoms with Crippen molar-refractivity contribution in [1.82, 2.24) is 0 Å². The average molecular weight is 403 g/mol. The smallest absolute Gasteiger partial charge is 0.341 e. The third kappa shape index (κ3) is 4.84. The number of rotatable bonds is 8. The van der Waals surface area contributed by atoms with E-state index in [2.05, 4.69) is 61.5 Å². The lowest BCUT2D eigenvalue weighted by molar-refractivity contribution is -0.139. The first-order valence-corrected chi connectivity index (χ1v) is 11.0. The van der Waals surface area contributed by atoms with E-state index in [1.54, 1.807) is 0 Å². The van der Waals surface area contributed by atoms with Crippen molar-refractivity contribution < 1.29 is 14.6 Å². The van der Waals surface area contributed by atoms with Crippen molar-refractivity contribution in [2.24, 2.45) is 5.92 Å². The van der Waals surface area contributed by atoms with Crippen LogP contribution in [0.25, 0.3) is 10.8 Å². The van der Waals surface area contributed by atoms with Crippen LogP contribution >= 0.6 is 0 Å². The number of carboxylic acids is 1. The first kappa shape index (κ1) is 20.5. The lowest BCUT2D eigenvalue weighted by Gasteiger charge is -2.18. The van der Waals surface area contributed by atoms with Gasteiger partial charge in [0.15, 0.2) is 6.61 Å².